The number of amides is 2. The van der Waals surface area contributed by atoms with Gasteiger partial charge in [0.1, 0.15) is 5.75 Å². The molecule has 0 spiro atoms. The van der Waals surface area contributed by atoms with Crippen molar-refractivity contribution in [2.24, 2.45) is 0 Å². The molecule has 0 bridgehead atoms. The molecule has 5 nitrogen and oxygen atoms in total. The van der Waals surface area contributed by atoms with Crippen LogP contribution in [0.1, 0.15) is 22.4 Å². The van der Waals surface area contributed by atoms with Crippen LogP contribution < -0.4 is 5.32 Å². The predicted molar refractivity (Wildman–Crippen MR) is 88.2 cm³/mol. The zero-order chi connectivity index (χ0) is 15.9. The van der Waals surface area contributed by atoms with Gasteiger partial charge in [-0.05, 0) is 24.1 Å². The van der Waals surface area contributed by atoms with E-state index < -0.39 is 0 Å². The largest absolute Gasteiger partial charge is 0.508 e. The van der Waals surface area contributed by atoms with Crippen molar-refractivity contribution in [2.45, 2.75) is 26.3 Å². The molecule has 2 N–H and O–H groups in total. The van der Waals surface area contributed by atoms with E-state index in [0.717, 1.165) is 23.4 Å². The number of phenols is 1. The molecule has 1 aromatic heterocycles. The lowest BCUT2D eigenvalue weighted by atomic mass is 10.2. The third-order valence-electron chi connectivity index (χ3n) is 3.27. The molecule has 0 atom stereocenters. The molecule has 0 aliphatic carbocycles. The normalized spacial score (nSPS) is 10.5. The molecule has 22 heavy (non-hydrogen) atoms. The summed E-state index contributed by atoms with van der Waals surface area (Å²) in [5, 5.41) is 13.2. The summed E-state index contributed by atoms with van der Waals surface area (Å²) in [6, 6.07) is 6.74. The molecule has 2 aromatic rings. The van der Waals surface area contributed by atoms with Crippen LogP contribution in [0.5, 0.6) is 5.75 Å². The van der Waals surface area contributed by atoms with Crippen LogP contribution in [0.4, 0.5) is 4.79 Å². The van der Waals surface area contributed by atoms with Gasteiger partial charge in [0.2, 0.25) is 0 Å². The highest BCUT2D eigenvalue weighted by atomic mass is 32.1. The Hall–Kier alpha value is -2.08. The Morgan fingerprint density at radius 1 is 1.36 bits per heavy atom. The molecule has 2 amide bonds. The van der Waals surface area contributed by atoms with Gasteiger partial charge in [-0.1, -0.05) is 19.1 Å². The number of carbonyl (C=O) groups is 1. The van der Waals surface area contributed by atoms with Gasteiger partial charge in [0.25, 0.3) is 0 Å². The Morgan fingerprint density at radius 2 is 2.09 bits per heavy atom. The number of hydrogen-bond donors (Lipinski definition) is 2. The number of aromatic nitrogens is 1. The minimum Gasteiger partial charge on any atom is -0.508 e. The van der Waals surface area contributed by atoms with Gasteiger partial charge < -0.3 is 15.3 Å². The van der Waals surface area contributed by atoms with Gasteiger partial charge in [0.15, 0.2) is 0 Å². The Labute approximate surface area is 134 Å². The minimum absolute atomic E-state index is 0.111. The van der Waals surface area contributed by atoms with E-state index in [-0.39, 0.29) is 11.8 Å². The van der Waals surface area contributed by atoms with E-state index >= 15 is 0 Å². The van der Waals surface area contributed by atoms with Crippen molar-refractivity contribution in [1.29, 1.82) is 0 Å². The maximum Gasteiger partial charge on any atom is 0.317 e. The van der Waals surface area contributed by atoms with Crippen LogP contribution >= 0.6 is 11.3 Å². The lowest BCUT2D eigenvalue weighted by Gasteiger charge is -2.18. The number of phenolic OH excluding ortho intramolecular Hbond substituents is 1. The number of hydrogen-bond acceptors (Lipinski definition) is 4. The zero-order valence-electron chi connectivity index (χ0n) is 12.9. The molecule has 1 aromatic carbocycles. The van der Waals surface area contributed by atoms with E-state index in [4.69, 9.17) is 0 Å². The number of thiazole rings is 1. The second kappa shape index (κ2) is 7.79. The Morgan fingerprint density at radius 3 is 2.73 bits per heavy atom. The number of aromatic hydroxyl groups is 1. The van der Waals surface area contributed by atoms with Gasteiger partial charge >= 0.3 is 6.03 Å². The molecular formula is C16H21N3O2S. The van der Waals surface area contributed by atoms with Crippen LogP contribution in [0, 0.1) is 0 Å². The minimum atomic E-state index is -0.111. The highest BCUT2D eigenvalue weighted by Gasteiger charge is 2.09. The van der Waals surface area contributed by atoms with Gasteiger partial charge in [-0.3, -0.25) is 0 Å². The number of nitrogens with one attached hydrogen (secondary N) is 1. The van der Waals surface area contributed by atoms with Crippen LogP contribution in [0.25, 0.3) is 0 Å². The summed E-state index contributed by atoms with van der Waals surface area (Å²) in [7, 11) is 1.75. The van der Waals surface area contributed by atoms with Crippen molar-refractivity contribution in [3.8, 4) is 5.75 Å². The number of benzene rings is 1. The van der Waals surface area contributed by atoms with E-state index in [9.17, 15) is 9.90 Å². The molecule has 0 fully saturated rings. The first kappa shape index (κ1) is 16.3. The number of urea groups is 1. The van der Waals surface area contributed by atoms with Gasteiger partial charge in [-0.25, -0.2) is 9.78 Å². The molecule has 0 radical (unpaired) electrons. The molecule has 2 rings (SSSR count). The quantitative estimate of drug-likeness (QED) is 0.860. The van der Waals surface area contributed by atoms with E-state index in [2.05, 4.69) is 17.2 Å². The van der Waals surface area contributed by atoms with Gasteiger partial charge in [0.05, 0.1) is 5.01 Å². The molecular weight excluding hydrogens is 298 g/mol. The summed E-state index contributed by atoms with van der Waals surface area (Å²) in [4.78, 5) is 19.2. The van der Waals surface area contributed by atoms with Crippen molar-refractivity contribution in [3.05, 3.63) is 45.9 Å². The maximum atomic E-state index is 12.0. The maximum absolute atomic E-state index is 12.0. The molecule has 6 heteroatoms. The smallest absolute Gasteiger partial charge is 0.317 e. The second-order valence-corrected chi connectivity index (χ2v) is 6.28. The predicted octanol–water partition coefficient (Wildman–Crippen LogP) is 2.80. The fraction of sp³-hybridized carbons (Fsp3) is 0.375. The van der Waals surface area contributed by atoms with Gasteiger partial charge in [0, 0.05) is 37.6 Å². The Bertz CT molecular complexity index is 610. The summed E-state index contributed by atoms with van der Waals surface area (Å²) in [5.41, 5.74) is 0.975. The van der Waals surface area contributed by atoms with Crippen LogP contribution in [0.2, 0.25) is 0 Å². The highest BCUT2D eigenvalue weighted by Crippen LogP contribution is 2.13. The SMILES string of the molecule is CCc1cnc(CCNC(=O)N(C)Cc2ccc(O)cc2)s1. The summed E-state index contributed by atoms with van der Waals surface area (Å²) < 4.78 is 0. The third-order valence-corrected chi connectivity index (χ3v) is 4.47. The third kappa shape index (κ3) is 4.73. The molecule has 0 aliphatic heterocycles. The zero-order valence-corrected chi connectivity index (χ0v) is 13.7. The average molecular weight is 319 g/mol. The number of rotatable bonds is 6. The van der Waals surface area contributed by atoms with Crippen LogP contribution in [0.3, 0.4) is 0 Å². The molecule has 1 heterocycles. The topological polar surface area (TPSA) is 65.5 Å². The van der Waals surface area contributed by atoms with Gasteiger partial charge in [-0.15, -0.1) is 11.3 Å². The first-order valence-corrected chi connectivity index (χ1v) is 8.10. The van der Waals surface area contributed by atoms with Crippen molar-refractivity contribution in [2.75, 3.05) is 13.6 Å². The van der Waals surface area contributed by atoms with Gasteiger partial charge in [-0.2, -0.15) is 0 Å². The first-order chi connectivity index (χ1) is 10.6. The average Bonchev–Trinajstić information content (AvgIpc) is 2.97. The summed E-state index contributed by atoms with van der Waals surface area (Å²) >= 11 is 1.70. The summed E-state index contributed by atoms with van der Waals surface area (Å²) in [5.74, 6) is 0.228. The van der Waals surface area contributed by atoms with E-state index in [1.807, 2.05) is 6.20 Å². The standard InChI is InChI=1S/C16H21N3O2S/c1-3-14-10-18-15(22-14)8-9-17-16(21)19(2)11-12-4-6-13(20)7-5-12/h4-7,10,20H,3,8-9,11H2,1-2H3,(H,17,21). The fourth-order valence-corrected chi connectivity index (χ4v) is 2.85. The van der Waals surface area contributed by atoms with Crippen molar-refractivity contribution in [1.82, 2.24) is 15.2 Å². The van der Waals surface area contributed by atoms with Crippen molar-refractivity contribution >= 4 is 17.4 Å². The molecule has 118 valence electrons. The Balaban J connectivity index is 1.75. The first-order valence-electron chi connectivity index (χ1n) is 7.29. The number of nitrogens with zero attached hydrogens (tertiary/aromatic N) is 2. The summed E-state index contributed by atoms with van der Waals surface area (Å²) in [6.45, 7) is 3.19. The molecule has 0 saturated carbocycles. The van der Waals surface area contributed by atoms with E-state index in [1.54, 1.807) is 47.5 Å². The molecule has 0 aliphatic rings. The molecule has 0 unspecified atom stereocenters. The Kier molecular flexibility index (Phi) is 5.77. The number of carbonyl (C=O) groups excluding carboxylic acids is 1. The van der Waals surface area contributed by atoms with E-state index in [1.165, 1.54) is 4.88 Å². The lowest BCUT2D eigenvalue weighted by Crippen LogP contribution is -2.37. The number of aryl methyl sites for hydroxylation is 1. The monoisotopic (exact) mass is 319 g/mol. The van der Waals surface area contributed by atoms with E-state index in [0.29, 0.717) is 13.1 Å². The second-order valence-electron chi connectivity index (χ2n) is 5.08. The van der Waals surface area contributed by atoms with Crippen molar-refractivity contribution < 1.29 is 9.90 Å². The van der Waals surface area contributed by atoms with Crippen LogP contribution in [-0.2, 0) is 19.4 Å². The lowest BCUT2D eigenvalue weighted by molar-refractivity contribution is 0.207. The van der Waals surface area contributed by atoms with Crippen LogP contribution in [-0.4, -0.2) is 34.6 Å². The highest BCUT2D eigenvalue weighted by molar-refractivity contribution is 7.11. The summed E-state index contributed by atoms with van der Waals surface area (Å²) in [6.07, 6.45) is 3.65. The molecule has 0 saturated heterocycles. The van der Waals surface area contributed by atoms with Crippen molar-refractivity contribution in [3.63, 3.8) is 0 Å². The fourth-order valence-electron chi connectivity index (χ4n) is 1.99. The van der Waals surface area contributed by atoms with Crippen LogP contribution in [0.15, 0.2) is 30.5 Å².